The second-order valence-corrected chi connectivity index (χ2v) is 21.7. The molecule has 0 aromatic heterocycles. The topological polar surface area (TPSA) is 450 Å². The first-order valence-corrected chi connectivity index (χ1v) is 22.0. The quantitative estimate of drug-likeness (QED) is 0.0423. The summed E-state index contributed by atoms with van der Waals surface area (Å²) in [7, 11) is -2.58. The lowest BCUT2D eigenvalue weighted by atomic mass is 9.84. The highest BCUT2D eigenvalue weighted by atomic mass is 28.4. The molecule has 4 aliphatic rings. The van der Waals surface area contributed by atoms with E-state index in [1.807, 2.05) is 41.5 Å². The number of azide groups is 5. The minimum atomic E-state index is -2.58. The Hall–Kier alpha value is -3.79. The van der Waals surface area contributed by atoms with Gasteiger partial charge < -0.3 is 68.6 Å². The fourth-order valence-corrected chi connectivity index (χ4v) is 14.4. The Morgan fingerprint density at radius 2 is 1.02 bits per heavy atom. The zero-order valence-corrected chi connectivity index (χ0v) is 35.7. The number of hydrogen-bond acceptors (Lipinski definition) is 19. The van der Waals surface area contributed by atoms with Gasteiger partial charge in [-0.25, -0.2) is 0 Å². The summed E-state index contributed by atoms with van der Waals surface area (Å²) in [5.74, 6) is 0. The van der Waals surface area contributed by atoms with Crippen molar-refractivity contribution in [1.82, 2.24) is 0 Å². The van der Waals surface area contributed by atoms with Crippen molar-refractivity contribution in [3.63, 3.8) is 0 Å². The van der Waals surface area contributed by atoms with Crippen LogP contribution in [0.25, 0.3) is 52.2 Å². The van der Waals surface area contributed by atoms with Gasteiger partial charge in [0.05, 0.1) is 62.4 Å². The largest absolute Gasteiger partial charge is 0.413 e. The molecule has 4 rings (SSSR count). The number of hydrogen-bond donors (Lipinski definition) is 7. The van der Waals surface area contributed by atoms with Crippen LogP contribution < -0.4 is 0 Å². The number of aliphatic hydroxyl groups excluding tert-OH is 7. The molecule has 1 saturated carbocycles. The predicted octanol–water partition coefficient (Wildman–Crippen LogP) is 2.10. The van der Waals surface area contributed by atoms with E-state index >= 15 is 0 Å². The summed E-state index contributed by atoms with van der Waals surface area (Å²) < 4.78 is 42.5. The highest BCUT2D eigenvalue weighted by Gasteiger charge is 2.56. The maximum Gasteiger partial charge on any atom is 0.200 e. The Bertz CT molecular complexity index is 1720. The van der Waals surface area contributed by atoms with Gasteiger partial charge in [0.25, 0.3) is 0 Å². The lowest BCUT2D eigenvalue weighted by Crippen LogP contribution is -2.64. The molecule has 19 atom stereocenters. The highest BCUT2D eigenvalue weighted by Crippen LogP contribution is 2.43. The van der Waals surface area contributed by atoms with Crippen LogP contribution in [0.15, 0.2) is 25.6 Å². The molecule has 7 N–H and O–H groups in total. The molecule has 3 aliphatic heterocycles. The summed E-state index contributed by atoms with van der Waals surface area (Å²) in [6.07, 6.45) is -25.5. The first kappa shape index (κ1) is 50.8. The third-order valence-corrected chi connectivity index (χ3v) is 18.0. The summed E-state index contributed by atoms with van der Waals surface area (Å²) in [5, 5.41) is 95.1. The van der Waals surface area contributed by atoms with Crippen LogP contribution in [-0.2, 0) is 32.8 Å². The molecular formula is C32H55N15O14Si. The molecule has 3 heterocycles. The van der Waals surface area contributed by atoms with Crippen molar-refractivity contribution in [2.75, 3.05) is 19.8 Å². The second kappa shape index (κ2) is 22.7. The van der Waals surface area contributed by atoms with Crippen LogP contribution in [0.5, 0.6) is 0 Å². The Balaban J connectivity index is 1.69. The Labute approximate surface area is 355 Å². The van der Waals surface area contributed by atoms with Crippen LogP contribution >= 0.6 is 0 Å². The van der Waals surface area contributed by atoms with Gasteiger partial charge in [-0.2, -0.15) is 0 Å². The van der Waals surface area contributed by atoms with Gasteiger partial charge in [-0.1, -0.05) is 67.1 Å². The van der Waals surface area contributed by atoms with Crippen molar-refractivity contribution in [3.8, 4) is 0 Å². The van der Waals surface area contributed by atoms with Crippen LogP contribution in [0.1, 0.15) is 48.0 Å². The zero-order chi connectivity index (χ0) is 46.1. The minimum absolute atomic E-state index is 0.123. The molecule has 3 saturated heterocycles. The Kier molecular flexibility index (Phi) is 18.6. The van der Waals surface area contributed by atoms with Crippen molar-refractivity contribution in [2.45, 2.75) is 181 Å². The van der Waals surface area contributed by atoms with Crippen molar-refractivity contribution in [1.29, 1.82) is 0 Å². The van der Waals surface area contributed by atoms with Crippen molar-refractivity contribution in [3.05, 3.63) is 52.2 Å². The van der Waals surface area contributed by atoms with Crippen LogP contribution in [0.2, 0.25) is 16.6 Å². The van der Waals surface area contributed by atoms with E-state index in [0.29, 0.717) is 0 Å². The van der Waals surface area contributed by atoms with Crippen molar-refractivity contribution < 1.29 is 68.6 Å². The smallest absolute Gasteiger partial charge is 0.200 e. The lowest BCUT2D eigenvalue weighted by Gasteiger charge is -2.48. The van der Waals surface area contributed by atoms with E-state index in [1.165, 1.54) is 0 Å². The highest BCUT2D eigenvalue weighted by molar-refractivity contribution is 6.77. The van der Waals surface area contributed by atoms with E-state index < -0.39 is 138 Å². The summed E-state index contributed by atoms with van der Waals surface area (Å²) in [6, 6.07) is -6.00. The van der Waals surface area contributed by atoms with Gasteiger partial charge in [0.15, 0.2) is 27.2 Å². The van der Waals surface area contributed by atoms with E-state index in [4.69, 9.17) is 38.4 Å². The SMILES string of the molecule is CC(C)[Si](OCC1O[C@H](O[C@@H]2C(N=[N+]=[N-])C[C@@H](N=[N+]=[N-])C(O)[C@H]2O[C@@H]2O[C@H](CO)[C@H](O[C@H]3O[C@@H](CN=[N+]=[N-])[C@@H](O)C(O)C3N=[N+]=[N-])C2O)C(N=[N+]=[N-])[C@@H](O)[C@@H]1O)(C(C)C)C(C)C. The Morgan fingerprint density at radius 1 is 0.548 bits per heavy atom. The monoisotopic (exact) mass is 901 g/mol. The van der Waals surface area contributed by atoms with Crippen molar-refractivity contribution >= 4 is 8.32 Å². The van der Waals surface area contributed by atoms with Gasteiger partial charge in [-0.05, 0) is 50.7 Å². The fourth-order valence-electron chi connectivity index (χ4n) is 8.99. The molecule has 30 heteroatoms. The van der Waals surface area contributed by atoms with E-state index in [-0.39, 0.29) is 29.7 Å². The number of rotatable bonds is 19. The second-order valence-electron chi connectivity index (χ2n) is 16.3. The van der Waals surface area contributed by atoms with Gasteiger partial charge in [-0.3, -0.25) is 0 Å². The summed E-state index contributed by atoms with van der Waals surface area (Å²) >= 11 is 0. The number of nitrogens with zero attached hydrogens (tertiary/aromatic N) is 15. The molecule has 62 heavy (non-hydrogen) atoms. The fraction of sp³-hybridized carbons (Fsp3) is 1.00. The Morgan fingerprint density at radius 3 is 1.52 bits per heavy atom. The van der Waals surface area contributed by atoms with Gasteiger partial charge in [-0.15, -0.1) is 0 Å². The van der Waals surface area contributed by atoms with E-state index in [0.717, 1.165) is 0 Å². The molecule has 29 nitrogen and oxygen atoms in total. The van der Waals surface area contributed by atoms with Crippen molar-refractivity contribution in [2.24, 2.45) is 25.6 Å². The van der Waals surface area contributed by atoms with Crippen LogP contribution in [0, 0.1) is 0 Å². The van der Waals surface area contributed by atoms with E-state index in [9.17, 15) is 57.9 Å². The lowest BCUT2D eigenvalue weighted by molar-refractivity contribution is -0.310. The third-order valence-electron chi connectivity index (χ3n) is 11.9. The maximum absolute atomic E-state index is 11.6. The van der Waals surface area contributed by atoms with Gasteiger partial charge in [0, 0.05) is 24.6 Å². The molecule has 0 radical (unpaired) electrons. The summed E-state index contributed by atoms with van der Waals surface area (Å²) in [6.45, 7) is 10.7. The van der Waals surface area contributed by atoms with Gasteiger partial charge in [0.1, 0.15) is 54.8 Å². The van der Waals surface area contributed by atoms with E-state index in [1.54, 1.807) is 0 Å². The molecule has 0 aromatic rings. The molecule has 0 aromatic carbocycles. The van der Waals surface area contributed by atoms with Crippen LogP contribution in [0.3, 0.4) is 0 Å². The standard InChI is InChI=1S/C32H55N15O14Si/c1-11(2)62(12(3)4,13(5)6)55-10-18-23(51)25(53)20(42-47-37)31(58-18)59-27-15(40-45-35)7-14(39-44-34)21(49)29(27)61-32-26(54)28(17(9-48)57-32)60-30-19(41-46-36)24(52)22(50)16(56-30)8-38-43-33/h11-32,48-54H,7-10H2,1-6H3/t14-,15?,16+,17-,18?,19?,20?,21?,22-,23-,24?,25-,26?,27-,28+,29-,30-,31-,32+/m1/s1. The van der Waals surface area contributed by atoms with Gasteiger partial charge >= 0.3 is 0 Å². The minimum Gasteiger partial charge on any atom is -0.413 e. The summed E-state index contributed by atoms with van der Waals surface area (Å²) in [5.41, 5.74) is 46.7. The van der Waals surface area contributed by atoms with Crippen LogP contribution in [0.4, 0.5) is 0 Å². The molecule has 346 valence electrons. The molecule has 4 fully saturated rings. The first-order valence-electron chi connectivity index (χ1n) is 19.9. The predicted molar refractivity (Wildman–Crippen MR) is 211 cm³/mol. The van der Waals surface area contributed by atoms with Gasteiger partial charge in [0.2, 0.25) is 0 Å². The third kappa shape index (κ3) is 10.8. The first-order chi connectivity index (χ1) is 29.5. The molecule has 1 aliphatic carbocycles. The molecular weight excluding hydrogens is 847 g/mol. The maximum atomic E-state index is 11.6. The number of ether oxygens (including phenoxy) is 6. The normalized spacial score (nSPS) is 39.8. The average Bonchev–Trinajstić information content (AvgIpc) is 3.52. The molecule has 0 amide bonds. The number of aliphatic hydroxyl groups is 7. The van der Waals surface area contributed by atoms with E-state index in [2.05, 4.69) is 50.1 Å². The zero-order valence-electron chi connectivity index (χ0n) is 34.7. The molecule has 0 spiro atoms. The molecule has 0 bridgehead atoms. The molecule has 7 unspecified atom stereocenters. The summed E-state index contributed by atoms with van der Waals surface area (Å²) in [4.78, 5) is 13.7. The average molecular weight is 902 g/mol. The van der Waals surface area contributed by atoms with Crippen LogP contribution in [-0.4, -0.2) is 180 Å².